The summed E-state index contributed by atoms with van der Waals surface area (Å²) in [6.07, 6.45) is -1.14. The van der Waals surface area contributed by atoms with Crippen molar-refractivity contribution in [3.63, 3.8) is 0 Å². The number of aryl methyl sites for hydroxylation is 1. The molecule has 3 atom stereocenters. The van der Waals surface area contributed by atoms with Crippen molar-refractivity contribution in [1.82, 2.24) is 10.2 Å². The average molecular weight is 509 g/mol. The molecule has 0 radical (unpaired) electrons. The molecule has 2 aromatic rings. The number of alkyl halides is 2. The second kappa shape index (κ2) is 9.76. The summed E-state index contributed by atoms with van der Waals surface area (Å²) in [5, 5.41) is 13.7. The second-order valence-electron chi connectivity index (χ2n) is 8.86. The van der Waals surface area contributed by atoms with Gasteiger partial charge in [0.25, 0.3) is 11.8 Å². The van der Waals surface area contributed by atoms with Crippen molar-refractivity contribution in [2.45, 2.75) is 43.8 Å². The van der Waals surface area contributed by atoms with E-state index in [-0.39, 0.29) is 42.9 Å². The number of anilines is 1. The fraction of sp³-hybridized carbons (Fsp3) is 0.375. The lowest BCUT2D eigenvalue weighted by atomic mass is 9.88. The third kappa shape index (κ3) is 4.99. The zero-order chi connectivity index (χ0) is 26.2. The van der Waals surface area contributed by atoms with Crippen molar-refractivity contribution >= 4 is 23.6 Å². The van der Waals surface area contributed by atoms with E-state index in [1.54, 1.807) is 0 Å². The van der Waals surface area contributed by atoms with Crippen LogP contribution in [0.5, 0.6) is 0 Å². The van der Waals surface area contributed by atoms with Crippen molar-refractivity contribution in [2.75, 3.05) is 18.5 Å². The van der Waals surface area contributed by atoms with E-state index < -0.39 is 59.2 Å². The molecule has 0 saturated carbocycles. The molecule has 2 aromatic carbocycles. The molecule has 2 saturated heterocycles. The Kier molecular flexibility index (Phi) is 6.90. The van der Waals surface area contributed by atoms with Gasteiger partial charge >= 0.3 is 12.0 Å². The van der Waals surface area contributed by atoms with Crippen LogP contribution in [0.15, 0.2) is 36.4 Å². The molecule has 1 unspecified atom stereocenters. The Morgan fingerprint density at radius 3 is 2.28 bits per heavy atom. The summed E-state index contributed by atoms with van der Waals surface area (Å²) in [6.45, 7) is 1.34. The number of nitrogens with zero attached hydrogens (tertiary/aromatic N) is 1. The number of ether oxygens (including phenoxy) is 1. The SMILES string of the molecule is Cc1cc(NC(=O)c2ccc(F)c(C(F)(F)C(=O)N3[C@@H]4COC[C@H]3CC(NC(=O)O)C4)c2)ccc1F. The standard InChI is InChI=1S/C24H23F4N3O5/c1-12-6-14(3-5-19(12)25)29-21(32)13-2-4-20(26)18(7-13)24(27,28)22(33)31-16-8-15(30-23(34)35)9-17(31)11-36-10-16/h2-7,15-17,30H,8-11H2,1H3,(H,29,32)(H,34,35)/t15?,16-,17+. The molecule has 0 aliphatic carbocycles. The molecule has 192 valence electrons. The highest BCUT2D eigenvalue weighted by Gasteiger charge is 2.52. The van der Waals surface area contributed by atoms with E-state index in [1.807, 2.05) is 0 Å². The lowest BCUT2D eigenvalue weighted by molar-refractivity contribution is -0.178. The lowest BCUT2D eigenvalue weighted by Crippen LogP contribution is -2.64. The van der Waals surface area contributed by atoms with Gasteiger partial charge in [-0.15, -0.1) is 0 Å². The number of hydrogen-bond donors (Lipinski definition) is 3. The van der Waals surface area contributed by atoms with Crippen molar-refractivity contribution < 1.29 is 41.8 Å². The molecular weight excluding hydrogens is 486 g/mol. The predicted octanol–water partition coefficient (Wildman–Crippen LogP) is 3.64. The van der Waals surface area contributed by atoms with Crippen LogP contribution in [0.3, 0.4) is 0 Å². The van der Waals surface area contributed by atoms with Crippen LogP contribution in [-0.4, -0.2) is 59.3 Å². The molecule has 3 amide bonds. The number of rotatable bonds is 5. The number of piperidine rings is 1. The minimum absolute atomic E-state index is 0.0621. The van der Waals surface area contributed by atoms with Gasteiger partial charge in [-0.25, -0.2) is 13.6 Å². The molecule has 12 heteroatoms. The quantitative estimate of drug-likeness (QED) is 0.534. The minimum atomic E-state index is -4.31. The highest BCUT2D eigenvalue weighted by Crippen LogP contribution is 2.38. The van der Waals surface area contributed by atoms with Gasteiger partial charge < -0.3 is 25.4 Å². The van der Waals surface area contributed by atoms with Crippen LogP contribution in [0.25, 0.3) is 0 Å². The number of morpholine rings is 1. The third-order valence-electron chi connectivity index (χ3n) is 6.33. The molecule has 0 aromatic heterocycles. The van der Waals surface area contributed by atoms with Crippen molar-refractivity contribution in [1.29, 1.82) is 0 Å². The maximum atomic E-state index is 15.4. The van der Waals surface area contributed by atoms with Gasteiger partial charge in [0.15, 0.2) is 0 Å². The number of benzene rings is 2. The van der Waals surface area contributed by atoms with Gasteiger partial charge in [-0.3, -0.25) is 9.59 Å². The van der Waals surface area contributed by atoms with Crippen LogP contribution >= 0.6 is 0 Å². The summed E-state index contributed by atoms with van der Waals surface area (Å²) in [5.41, 5.74) is -1.13. The van der Waals surface area contributed by atoms with E-state index in [9.17, 15) is 23.2 Å². The van der Waals surface area contributed by atoms with Gasteiger partial charge in [0, 0.05) is 17.3 Å². The summed E-state index contributed by atoms with van der Waals surface area (Å²) >= 11 is 0. The fourth-order valence-corrected chi connectivity index (χ4v) is 4.65. The maximum absolute atomic E-state index is 15.4. The molecule has 4 rings (SSSR count). The molecule has 2 bridgehead atoms. The van der Waals surface area contributed by atoms with Gasteiger partial charge in [0.1, 0.15) is 11.6 Å². The first kappa shape index (κ1) is 25.4. The Morgan fingerprint density at radius 2 is 1.67 bits per heavy atom. The Hall–Kier alpha value is -3.67. The summed E-state index contributed by atoms with van der Waals surface area (Å²) < 4.78 is 64.2. The molecule has 2 aliphatic heterocycles. The van der Waals surface area contributed by atoms with Crippen LogP contribution in [0.2, 0.25) is 0 Å². The van der Waals surface area contributed by atoms with Crippen molar-refractivity contribution in [3.05, 3.63) is 64.7 Å². The molecule has 2 fully saturated rings. The Morgan fingerprint density at radius 1 is 1.03 bits per heavy atom. The summed E-state index contributed by atoms with van der Waals surface area (Å²) in [5.74, 6) is -8.68. The summed E-state index contributed by atoms with van der Waals surface area (Å²) in [6, 6.07) is 3.84. The van der Waals surface area contributed by atoms with E-state index in [1.165, 1.54) is 19.1 Å². The number of carbonyl (C=O) groups excluding carboxylic acids is 2. The number of fused-ring (bicyclic) bond motifs is 2. The Bertz CT molecular complexity index is 1190. The van der Waals surface area contributed by atoms with Crippen LogP contribution in [0, 0.1) is 18.6 Å². The Balaban J connectivity index is 1.57. The molecule has 8 nitrogen and oxygen atoms in total. The first-order valence-corrected chi connectivity index (χ1v) is 11.1. The largest absolute Gasteiger partial charge is 0.465 e. The first-order chi connectivity index (χ1) is 17.0. The predicted molar refractivity (Wildman–Crippen MR) is 119 cm³/mol. The first-order valence-electron chi connectivity index (χ1n) is 11.1. The van der Waals surface area contributed by atoms with Gasteiger partial charge in [-0.2, -0.15) is 8.78 Å². The highest BCUT2D eigenvalue weighted by atomic mass is 19.3. The maximum Gasteiger partial charge on any atom is 0.404 e. The third-order valence-corrected chi connectivity index (χ3v) is 6.33. The van der Waals surface area contributed by atoms with Gasteiger partial charge in [0.05, 0.1) is 30.9 Å². The number of halogens is 4. The van der Waals surface area contributed by atoms with Crippen LogP contribution in [0.1, 0.15) is 34.3 Å². The molecule has 2 heterocycles. The van der Waals surface area contributed by atoms with Gasteiger partial charge in [-0.05, 0) is 61.7 Å². The zero-order valence-corrected chi connectivity index (χ0v) is 19.1. The molecule has 0 spiro atoms. The normalized spacial score (nSPS) is 21.6. The molecule has 2 aliphatic rings. The number of nitrogens with one attached hydrogen (secondary N) is 2. The molecule has 36 heavy (non-hydrogen) atoms. The number of amides is 3. The van der Waals surface area contributed by atoms with Crippen LogP contribution < -0.4 is 10.6 Å². The second-order valence-corrected chi connectivity index (χ2v) is 8.86. The summed E-state index contributed by atoms with van der Waals surface area (Å²) in [7, 11) is 0. The smallest absolute Gasteiger partial charge is 0.404 e. The Labute approximate surface area is 203 Å². The fourth-order valence-electron chi connectivity index (χ4n) is 4.65. The average Bonchev–Trinajstić information content (AvgIpc) is 2.80. The van der Waals surface area contributed by atoms with E-state index >= 15 is 8.78 Å². The van der Waals surface area contributed by atoms with E-state index in [0.29, 0.717) is 12.1 Å². The number of hydrogen-bond acceptors (Lipinski definition) is 4. The zero-order valence-electron chi connectivity index (χ0n) is 19.1. The van der Waals surface area contributed by atoms with Crippen LogP contribution in [0.4, 0.5) is 28.0 Å². The van der Waals surface area contributed by atoms with E-state index in [0.717, 1.165) is 17.0 Å². The molecule has 3 N–H and O–H groups in total. The van der Waals surface area contributed by atoms with Gasteiger partial charge in [-0.1, -0.05) is 0 Å². The van der Waals surface area contributed by atoms with Crippen molar-refractivity contribution in [2.24, 2.45) is 0 Å². The monoisotopic (exact) mass is 509 g/mol. The van der Waals surface area contributed by atoms with Crippen LogP contribution in [-0.2, 0) is 15.5 Å². The molecular formula is C24H23F4N3O5. The number of carbonyl (C=O) groups is 3. The summed E-state index contributed by atoms with van der Waals surface area (Å²) in [4.78, 5) is 37.6. The van der Waals surface area contributed by atoms with E-state index in [2.05, 4.69) is 10.6 Å². The lowest BCUT2D eigenvalue weighted by Gasteiger charge is -2.49. The van der Waals surface area contributed by atoms with Gasteiger partial charge in [0.2, 0.25) is 0 Å². The highest BCUT2D eigenvalue weighted by molar-refractivity contribution is 6.04. The number of carboxylic acid groups (broad SMARTS) is 1. The van der Waals surface area contributed by atoms with Crippen molar-refractivity contribution in [3.8, 4) is 0 Å². The van der Waals surface area contributed by atoms with E-state index in [4.69, 9.17) is 9.84 Å². The minimum Gasteiger partial charge on any atom is -0.465 e. The topological polar surface area (TPSA) is 108 Å².